The third kappa shape index (κ3) is 11.5. The van der Waals surface area contributed by atoms with Crippen LogP contribution in [0.5, 0.6) is 0 Å². The molecule has 0 atom stereocenters. The molecule has 0 spiro atoms. The maximum absolute atomic E-state index is 2.44. The van der Waals surface area contributed by atoms with Crippen LogP contribution in [0.4, 0.5) is 17.1 Å². The van der Waals surface area contributed by atoms with Crippen LogP contribution in [0, 0.1) is 6.92 Å². The first-order valence-corrected chi connectivity index (χ1v) is 37.5. The summed E-state index contributed by atoms with van der Waals surface area (Å²) in [7, 11) is 0. The predicted molar refractivity (Wildman–Crippen MR) is 462 cm³/mol. The Morgan fingerprint density at radius 3 is 0.991 bits per heavy atom. The summed E-state index contributed by atoms with van der Waals surface area (Å²) in [5.41, 5.74) is 28.1. The molecule has 0 amide bonds. The second kappa shape index (κ2) is 27.1. The van der Waals surface area contributed by atoms with Gasteiger partial charge in [-0.15, -0.1) is 0 Å². The van der Waals surface area contributed by atoms with E-state index in [4.69, 9.17) is 0 Å². The van der Waals surface area contributed by atoms with E-state index in [0.29, 0.717) is 0 Å². The Bertz CT molecular complexity index is 6690. The minimum Gasteiger partial charge on any atom is -0.310 e. The standard InChI is InChI=1S/C55H43N.C50H34N2/c1-36-22-24-38(25-23-36)54-47-20-11-10-19-46(47)53(48-32-29-41(35-50(48)54)55(2,3)4)39-26-30-42(31-27-39)56-51-21-13-12-18-45(51)49-34-40(28-33-52(49)56)44-17-9-8-16-43(44)37-14-6-5-7-15-37;1-4-16-35(17-5-1)49-42-23-10-12-25-44(42)50(45-26-13-11-24-43(45)49)36-28-30-39(31-29-36)52-47-27-15-14-22-41(47)46-34-40(32-33-48(46)52)51(37-18-6-2-7-19-37)38-20-8-3-9-21-38/h5-35H,1-4H3;1-34H. The molecule has 108 heavy (non-hydrogen) atoms. The molecule has 2 heterocycles. The Morgan fingerprint density at radius 1 is 0.213 bits per heavy atom. The largest absolute Gasteiger partial charge is 0.310 e. The minimum atomic E-state index is 0.0283. The number of para-hydroxylation sites is 4. The Morgan fingerprint density at radius 2 is 0.537 bits per heavy atom. The summed E-state index contributed by atoms with van der Waals surface area (Å²) in [4.78, 5) is 2.33. The van der Waals surface area contributed by atoms with Gasteiger partial charge < -0.3 is 14.0 Å². The average Bonchev–Trinajstić information content (AvgIpc) is 0.806. The van der Waals surface area contributed by atoms with Crippen molar-refractivity contribution < 1.29 is 0 Å². The molecule has 0 fully saturated rings. The van der Waals surface area contributed by atoms with Crippen molar-refractivity contribution in [2.75, 3.05) is 4.90 Å². The highest BCUT2D eigenvalue weighted by Gasteiger charge is 2.24. The average molecular weight is 1380 g/mol. The molecule has 0 aliphatic rings. The molecule has 3 heteroatoms. The van der Waals surface area contributed by atoms with Crippen LogP contribution in [0.2, 0.25) is 0 Å². The number of hydrogen-bond donors (Lipinski definition) is 0. The number of anilines is 3. The summed E-state index contributed by atoms with van der Waals surface area (Å²) in [5, 5.41) is 15.2. The maximum Gasteiger partial charge on any atom is 0.0542 e. The van der Waals surface area contributed by atoms with E-state index in [1.165, 1.54) is 165 Å². The van der Waals surface area contributed by atoms with Crippen LogP contribution in [0.15, 0.2) is 394 Å². The van der Waals surface area contributed by atoms with Crippen LogP contribution < -0.4 is 4.90 Å². The van der Waals surface area contributed by atoms with Crippen LogP contribution in [0.25, 0.3) is 165 Å². The molecule has 0 radical (unpaired) electrons. The summed E-state index contributed by atoms with van der Waals surface area (Å²) >= 11 is 0. The van der Waals surface area contributed by atoms with E-state index >= 15 is 0 Å². The third-order valence-electron chi connectivity index (χ3n) is 22.0. The fourth-order valence-electron chi connectivity index (χ4n) is 16.9. The highest BCUT2D eigenvalue weighted by molar-refractivity contribution is 6.23. The zero-order chi connectivity index (χ0) is 72.4. The number of aromatic nitrogens is 2. The van der Waals surface area contributed by atoms with Gasteiger partial charge in [-0.1, -0.05) is 324 Å². The molecule has 20 aromatic rings. The van der Waals surface area contributed by atoms with Crippen molar-refractivity contribution in [2.24, 2.45) is 0 Å². The van der Waals surface area contributed by atoms with E-state index in [9.17, 15) is 0 Å². The van der Waals surface area contributed by atoms with Gasteiger partial charge in [0, 0.05) is 50.0 Å². The maximum atomic E-state index is 2.44. The summed E-state index contributed by atoms with van der Waals surface area (Å²) in [6, 6.07) is 144. The summed E-state index contributed by atoms with van der Waals surface area (Å²) in [5.74, 6) is 0. The number of nitrogens with zero attached hydrogens (tertiary/aromatic N) is 3. The van der Waals surface area contributed by atoms with Crippen molar-refractivity contribution in [1.29, 1.82) is 0 Å². The molecular formula is C105H77N3. The second-order valence-electron chi connectivity index (χ2n) is 29.5. The SMILES string of the molecule is Cc1ccc(-c2c3ccccc3c(-c3ccc(-n4c5ccccc5c5cc(-c6ccccc6-c6ccccc6)ccc54)cc3)c3ccc(C(C)(C)C)cc23)cc1.c1ccc(-c2c3ccccc3c(-c3ccc(-n4c5ccccc5c5cc(N(c6ccccc6)c6ccccc6)ccc54)cc3)c3ccccc23)cc1. The highest BCUT2D eigenvalue weighted by Crippen LogP contribution is 2.49. The lowest BCUT2D eigenvalue weighted by Crippen LogP contribution is -2.10. The predicted octanol–water partition coefficient (Wildman–Crippen LogP) is 29.3. The van der Waals surface area contributed by atoms with Gasteiger partial charge in [0.25, 0.3) is 0 Å². The van der Waals surface area contributed by atoms with Gasteiger partial charge in [0.15, 0.2) is 0 Å². The molecule has 0 saturated carbocycles. The van der Waals surface area contributed by atoms with E-state index < -0.39 is 0 Å². The Kier molecular flexibility index (Phi) is 16.4. The Balaban J connectivity index is 0.000000147. The highest BCUT2D eigenvalue weighted by atomic mass is 15.1. The Hall–Kier alpha value is -13.6. The van der Waals surface area contributed by atoms with Gasteiger partial charge in [-0.25, -0.2) is 0 Å². The van der Waals surface area contributed by atoms with Gasteiger partial charge in [0.2, 0.25) is 0 Å². The molecular weight excluding hydrogens is 1300 g/mol. The smallest absolute Gasteiger partial charge is 0.0542 e. The minimum absolute atomic E-state index is 0.0283. The lowest BCUT2D eigenvalue weighted by atomic mass is 9.81. The molecule has 2 aromatic heterocycles. The van der Waals surface area contributed by atoms with Crippen molar-refractivity contribution >= 4 is 104 Å². The number of benzene rings is 18. The zero-order valence-corrected chi connectivity index (χ0v) is 60.9. The fourth-order valence-corrected chi connectivity index (χ4v) is 16.9. The Labute approximate surface area is 630 Å². The lowest BCUT2D eigenvalue weighted by molar-refractivity contribution is 0.591. The first-order valence-electron chi connectivity index (χ1n) is 37.5. The van der Waals surface area contributed by atoms with Crippen molar-refractivity contribution in [3.05, 3.63) is 405 Å². The van der Waals surface area contributed by atoms with Crippen molar-refractivity contribution in [1.82, 2.24) is 9.13 Å². The lowest BCUT2D eigenvalue weighted by Gasteiger charge is -2.25. The van der Waals surface area contributed by atoms with Gasteiger partial charge in [-0.05, 0) is 225 Å². The van der Waals surface area contributed by atoms with Crippen LogP contribution in [0.1, 0.15) is 31.9 Å². The molecule has 3 nitrogen and oxygen atoms in total. The quantitative estimate of drug-likeness (QED) is 0.118. The zero-order valence-electron chi connectivity index (χ0n) is 60.9. The number of fused-ring (bicyclic) bond motifs is 10. The molecule has 0 saturated heterocycles. The number of hydrogen-bond acceptors (Lipinski definition) is 1. The molecule has 0 aliphatic carbocycles. The van der Waals surface area contributed by atoms with Crippen LogP contribution in [-0.4, -0.2) is 9.13 Å². The molecule has 0 unspecified atom stereocenters. The number of rotatable bonds is 11. The van der Waals surface area contributed by atoms with E-state index in [1.54, 1.807) is 0 Å². The van der Waals surface area contributed by atoms with E-state index in [1.807, 2.05) is 0 Å². The van der Waals surface area contributed by atoms with Crippen molar-refractivity contribution in [2.45, 2.75) is 33.1 Å². The molecule has 0 aliphatic heterocycles. The monoisotopic (exact) mass is 1380 g/mol. The normalized spacial score (nSPS) is 11.7. The first kappa shape index (κ1) is 65.2. The number of aryl methyl sites for hydroxylation is 1. The third-order valence-corrected chi connectivity index (χ3v) is 22.0. The van der Waals surface area contributed by atoms with Gasteiger partial charge in [0.1, 0.15) is 0 Å². The summed E-state index contributed by atoms with van der Waals surface area (Å²) in [6.07, 6.45) is 0. The van der Waals surface area contributed by atoms with E-state index in [2.05, 4.69) is 436 Å². The molecule has 0 N–H and O–H groups in total. The second-order valence-corrected chi connectivity index (χ2v) is 29.5. The first-order chi connectivity index (χ1) is 53.2. The van der Waals surface area contributed by atoms with Gasteiger partial charge >= 0.3 is 0 Å². The van der Waals surface area contributed by atoms with Crippen LogP contribution in [-0.2, 0) is 5.41 Å². The van der Waals surface area contributed by atoms with E-state index in [-0.39, 0.29) is 5.41 Å². The van der Waals surface area contributed by atoms with Gasteiger partial charge in [-0.3, -0.25) is 0 Å². The fraction of sp³-hybridized carbons (Fsp3) is 0.0476. The van der Waals surface area contributed by atoms with Crippen molar-refractivity contribution in [3.8, 4) is 78.1 Å². The summed E-state index contributed by atoms with van der Waals surface area (Å²) in [6.45, 7) is 9.08. The van der Waals surface area contributed by atoms with Gasteiger partial charge in [-0.2, -0.15) is 0 Å². The molecule has 0 bridgehead atoms. The molecule has 20 rings (SSSR count). The topological polar surface area (TPSA) is 13.1 Å². The van der Waals surface area contributed by atoms with Crippen LogP contribution in [0.3, 0.4) is 0 Å². The van der Waals surface area contributed by atoms with E-state index in [0.717, 1.165) is 28.4 Å². The van der Waals surface area contributed by atoms with Gasteiger partial charge in [0.05, 0.1) is 22.1 Å². The molecule has 512 valence electrons. The van der Waals surface area contributed by atoms with Crippen molar-refractivity contribution in [3.63, 3.8) is 0 Å². The van der Waals surface area contributed by atoms with Crippen LogP contribution >= 0.6 is 0 Å². The summed E-state index contributed by atoms with van der Waals surface area (Å²) < 4.78 is 4.83. The molecule has 18 aromatic carbocycles.